The molecule has 1 nitrogen and oxygen atoms in total. The lowest BCUT2D eigenvalue weighted by Gasteiger charge is -2.15. The van der Waals surface area contributed by atoms with Crippen LogP contribution in [0.1, 0.15) is 0 Å². The number of halogens is 5. The molecule has 0 aliphatic carbocycles. The maximum absolute atomic E-state index is 12.5. The third kappa shape index (κ3) is 1.73. The molecule has 0 radical (unpaired) electrons. The maximum atomic E-state index is 12.5. The first kappa shape index (κ1) is 9.82. The molecule has 0 bridgehead atoms. The third-order valence-electron chi connectivity index (χ3n) is 1.44. The minimum Gasteiger partial charge on any atom is -0.505 e. The Morgan fingerprint density at radius 3 is 2.00 bits per heavy atom. The molecule has 1 aromatic rings. The van der Waals surface area contributed by atoms with Gasteiger partial charge in [-0.25, -0.2) is 4.39 Å². The smallest absolute Gasteiger partial charge is 0.505 e. The Morgan fingerprint density at radius 2 is 1.54 bits per heavy atom. The van der Waals surface area contributed by atoms with E-state index < -0.39 is 29.8 Å². The summed E-state index contributed by atoms with van der Waals surface area (Å²) in [6.45, 7) is -5.59. The molecule has 13 heavy (non-hydrogen) atoms. The van der Waals surface area contributed by atoms with E-state index >= 15 is 0 Å². The van der Waals surface area contributed by atoms with Crippen LogP contribution in [0.4, 0.5) is 21.7 Å². The second-order valence-electron chi connectivity index (χ2n) is 2.38. The van der Waals surface area contributed by atoms with Crippen molar-refractivity contribution in [3.63, 3.8) is 0 Å². The summed E-state index contributed by atoms with van der Waals surface area (Å²) in [6, 6.07) is 0.761. The van der Waals surface area contributed by atoms with Gasteiger partial charge in [0.2, 0.25) is 0 Å². The van der Waals surface area contributed by atoms with Gasteiger partial charge in [-0.15, -0.1) is 0 Å². The highest BCUT2D eigenvalue weighted by molar-refractivity contribution is 6.73. The summed E-state index contributed by atoms with van der Waals surface area (Å²) >= 11 is 0. The fraction of sp³-hybridized carbons (Fsp3) is 0. The summed E-state index contributed by atoms with van der Waals surface area (Å²) in [6.07, 6.45) is 0. The second-order valence-corrected chi connectivity index (χ2v) is 2.38. The van der Waals surface area contributed by atoms with Gasteiger partial charge >= 0.3 is 6.98 Å². The summed E-state index contributed by atoms with van der Waals surface area (Å²) in [5.41, 5.74) is -1.67. The largest absolute Gasteiger partial charge is 0.512 e. The summed E-state index contributed by atoms with van der Waals surface area (Å²) < 4.78 is 60.7. The van der Waals surface area contributed by atoms with Crippen LogP contribution in [0.5, 0.6) is 5.75 Å². The standard InChI is InChI=1S/C6H3BF5O/c8-5-3(7(10,11)12)1-2-4(13)6(5)9/h1-2,13H/q-1. The van der Waals surface area contributed by atoms with E-state index in [1.807, 2.05) is 0 Å². The fourth-order valence-electron chi connectivity index (χ4n) is 0.807. The van der Waals surface area contributed by atoms with Gasteiger partial charge in [-0.1, -0.05) is 11.5 Å². The average molecular weight is 197 g/mol. The van der Waals surface area contributed by atoms with E-state index in [4.69, 9.17) is 5.11 Å². The van der Waals surface area contributed by atoms with Crippen LogP contribution in [0.3, 0.4) is 0 Å². The first-order valence-electron chi connectivity index (χ1n) is 3.21. The van der Waals surface area contributed by atoms with E-state index in [9.17, 15) is 21.7 Å². The van der Waals surface area contributed by atoms with Gasteiger partial charge in [-0.05, 0) is 6.07 Å². The minimum atomic E-state index is -5.59. The van der Waals surface area contributed by atoms with Crippen LogP contribution in [-0.4, -0.2) is 12.1 Å². The van der Waals surface area contributed by atoms with Crippen molar-refractivity contribution in [1.82, 2.24) is 0 Å². The summed E-state index contributed by atoms with van der Waals surface area (Å²) in [4.78, 5) is 0. The van der Waals surface area contributed by atoms with Crippen molar-refractivity contribution in [2.75, 3.05) is 0 Å². The van der Waals surface area contributed by atoms with Crippen molar-refractivity contribution in [2.45, 2.75) is 0 Å². The molecule has 0 aliphatic rings. The molecule has 7 heteroatoms. The van der Waals surface area contributed by atoms with Gasteiger partial charge < -0.3 is 18.1 Å². The molecule has 0 aliphatic heterocycles. The molecular weight excluding hydrogens is 194 g/mol. The number of phenolic OH excluding ortho intramolecular Hbond substituents is 1. The Bertz CT molecular complexity index is 335. The Hall–Kier alpha value is -1.27. The van der Waals surface area contributed by atoms with Gasteiger partial charge in [0.25, 0.3) is 0 Å². The van der Waals surface area contributed by atoms with Crippen molar-refractivity contribution in [1.29, 1.82) is 0 Å². The normalized spacial score (nSPS) is 11.8. The van der Waals surface area contributed by atoms with Crippen LogP contribution in [-0.2, 0) is 0 Å². The van der Waals surface area contributed by atoms with Crippen molar-refractivity contribution < 1.29 is 26.8 Å². The Labute approximate surface area is 69.9 Å². The van der Waals surface area contributed by atoms with E-state index in [1.54, 1.807) is 0 Å². The zero-order valence-electron chi connectivity index (χ0n) is 6.07. The Kier molecular flexibility index (Phi) is 2.19. The van der Waals surface area contributed by atoms with Crippen molar-refractivity contribution in [3.05, 3.63) is 23.8 Å². The number of benzene rings is 1. The van der Waals surface area contributed by atoms with E-state index in [0.29, 0.717) is 12.1 Å². The third-order valence-corrected chi connectivity index (χ3v) is 1.44. The molecule has 0 heterocycles. The predicted molar refractivity (Wildman–Crippen MR) is 36.7 cm³/mol. The SMILES string of the molecule is Oc1ccc([B-](F)(F)F)c(F)c1F. The van der Waals surface area contributed by atoms with Crippen molar-refractivity contribution in [3.8, 4) is 5.75 Å². The molecule has 0 unspecified atom stereocenters. The molecule has 0 saturated heterocycles. The molecule has 0 atom stereocenters. The highest BCUT2D eigenvalue weighted by atomic mass is 19.4. The first-order chi connectivity index (χ1) is 5.84. The Morgan fingerprint density at radius 1 is 1.00 bits per heavy atom. The zero-order valence-corrected chi connectivity index (χ0v) is 6.07. The summed E-state index contributed by atoms with van der Waals surface area (Å²) in [5, 5.41) is 8.51. The number of hydrogen-bond acceptors (Lipinski definition) is 1. The molecule has 0 fully saturated rings. The molecule has 1 rings (SSSR count). The van der Waals surface area contributed by atoms with Gasteiger partial charge in [-0.2, -0.15) is 4.39 Å². The molecule has 72 valence electrons. The maximum Gasteiger partial charge on any atom is 0.512 e. The highest BCUT2D eigenvalue weighted by Crippen LogP contribution is 2.20. The van der Waals surface area contributed by atoms with Gasteiger partial charge in [0.1, 0.15) is 5.82 Å². The van der Waals surface area contributed by atoms with Crippen LogP contribution < -0.4 is 5.46 Å². The first-order valence-corrected chi connectivity index (χ1v) is 3.21. The quantitative estimate of drug-likeness (QED) is 0.536. The van der Waals surface area contributed by atoms with Gasteiger partial charge in [0, 0.05) is 0 Å². The number of aromatic hydroxyl groups is 1. The molecule has 1 N–H and O–H groups in total. The minimum absolute atomic E-state index is 0.299. The number of rotatable bonds is 1. The molecular formula is C6H3BF5O-. The van der Waals surface area contributed by atoms with E-state index in [2.05, 4.69) is 0 Å². The average Bonchev–Trinajstić information content (AvgIpc) is 1.98. The van der Waals surface area contributed by atoms with Gasteiger partial charge in [-0.3, -0.25) is 0 Å². The molecule has 0 saturated carbocycles. The molecule has 0 amide bonds. The van der Waals surface area contributed by atoms with E-state index in [1.165, 1.54) is 0 Å². The number of hydrogen-bond donors (Lipinski definition) is 1. The monoisotopic (exact) mass is 197 g/mol. The van der Waals surface area contributed by atoms with Gasteiger partial charge in [0.05, 0.1) is 0 Å². The van der Waals surface area contributed by atoms with Crippen LogP contribution in [0.15, 0.2) is 12.1 Å². The topological polar surface area (TPSA) is 20.2 Å². The molecule has 0 aromatic heterocycles. The Balaban J connectivity index is 3.35. The van der Waals surface area contributed by atoms with Crippen LogP contribution in [0.2, 0.25) is 0 Å². The lowest BCUT2D eigenvalue weighted by molar-refractivity contribution is 0.406. The summed E-state index contributed by atoms with van der Waals surface area (Å²) in [5.74, 6) is -5.08. The lowest BCUT2D eigenvalue weighted by Crippen LogP contribution is -2.37. The van der Waals surface area contributed by atoms with Crippen LogP contribution in [0, 0.1) is 11.6 Å². The molecule has 0 spiro atoms. The van der Waals surface area contributed by atoms with Gasteiger partial charge in [0.15, 0.2) is 11.6 Å². The summed E-state index contributed by atoms with van der Waals surface area (Å²) in [7, 11) is 0. The lowest BCUT2D eigenvalue weighted by atomic mass is 9.79. The van der Waals surface area contributed by atoms with Crippen molar-refractivity contribution >= 4 is 12.4 Å². The predicted octanol–water partition coefficient (Wildman–Crippen LogP) is 1.72. The fourth-order valence-corrected chi connectivity index (χ4v) is 0.807. The van der Waals surface area contributed by atoms with Crippen molar-refractivity contribution in [2.24, 2.45) is 0 Å². The highest BCUT2D eigenvalue weighted by Gasteiger charge is 2.31. The molecule has 1 aromatic carbocycles. The zero-order chi connectivity index (χ0) is 10.2. The van der Waals surface area contributed by atoms with E-state index in [0.717, 1.165) is 0 Å². The number of phenols is 1. The van der Waals surface area contributed by atoms with E-state index in [-0.39, 0.29) is 0 Å². The van der Waals surface area contributed by atoms with Crippen LogP contribution >= 0.6 is 0 Å². The second kappa shape index (κ2) is 2.90. The van der Waals surface area contributed by atoms with Crippen LogP contribution in [0.25, 0.3) is 0 Å².